The molecule has 5 nitrogen and oxygen atoms in total. The molecule has 3 rings (SSSR count). The van der Waals surface area contributed by atoms with Crippen molar-refractivity contribution in [3.05, 3.63) is 54.1 Å². The summed E-state index contributed by atoms with van der Waals surface area (Å²) in [5.74, 6) is 1.72. The molecule has 0 spiro atoms. The number of amides is 1. The minimum Gasteiger partial charge on any atom is -0.457 e. The van der Waals surface area contributed by atoms with Gasteiger partial charge < -0.3 is 19.7 Å². The van der Waals surface area contributed by atoms with Gasteiger partial charge in [-0.2, -0.15) is 0 Å². The predicted molar refractivity (Wildman–Crippen MR) is 98.2 cm³/mol. The van der Waals surface area contributed by atoms with Crippen molar-refractivity contribution in [3.8, 4) is 11.5 Å². The van der Waals surface area contributed by atoms with E-state index in [0.29, 0.717) is 6.61 Å². The molecule has 1 saturated heterocycles. The summed E-state index contributed by atoms with van der Waals surface area (Å²) < 4.78 is 10.9. The number of rotatable bonds is 7. The minimum absolute atomic E-state index is 0.128. The lowest BCUT2D eigenvalue weighted by Crippen LogP contribution is -2.30. The number of nitrogens with zero attached hydrogens (tertiary/aromatic N) is 1. The number of methoxy groups -OCH3 is 1. The Morgan fingerprint density at radius 3 is 2.28 bits per heavy atom. The van der Waals surface area contributed by atoms with E-state index in [9.17, 15) is 4.79 Å². The van der Waals surface area contributed by atoms with Crippen LogP contribution in [0.25, 0.3) is 0 Å². The van der Waals surface area contributed by atoms with E-state index in [4.69, 9.17) is 9.47 Å². The van der Waals surface area contributed by atoms with Crippen molar-refractivity contribution in [1.29, 1.82) is 0 Å². The van der Waals surface area contributed by atoms with Crippen LogP contribution in [0.15, 0.2) is 48.5 Å². The van der Waals surface area contributed by atoms with Crippen molar-refractivity contribution >= 4 is 11.6 Å². The molecule has 132 valence electrons. The lowest BCUT2D eigenvalue weighted by Gasteiger charge is -2.14. The maximum absolute atomic E-state index is 11.9. The largest absolute Gasteiger partial charge is 0.457 e. The molecule has 2 aromatic carbocycles. The number of anilines is 1. The first kappa shape index (κ1) is 17.3. The molecule has 0 aliphatic carbocycles. The molecule has 1 fully saturated rings. The fourth-order valence-corrected chi connectivity index (χ4v) is 2.86. The van der Waals surface area contributed by atoms with Crippen molar-refractivity contribution in [3.63, 3.8) is 0 Å². The van der Waals surface area contributed by atoms with E-state index in [1.165, 1.54) is 5.56 Å². The van der Waals surface area contributed by atoms with Gasteiger partial charge in [0.15, 0.2) is 0 Å². The first-order valence-corrected chi connectivity index (χ1v) is 8.53. The quantitative estimate of drug-likeness (QED) is 0.840. The molecular formula is C20H24N2O3. The average molecular weight is 340 g/mol. The maximum Gasteiger partial charge on any atom is 0.244 e. The van der Waals surface area contributed by atoms with Gasteiger partial charge in [0.05, 0.1) is 6.61 Å². The van der Waals surface area contributed by atoms with Crippen LogP contribution in [-0.2, 0) is 16.0 Å². The minimum atomic E-state index is -0.128. The third-order valence-electron chi connectivity index (χ3n) is 4.38. The number of likely N-dealkylation sites (tertiary alicyclic amines) is 1. The number of carbonyl (C=O) groups excluding carboxylic acids is 1. The highest BCUT2D eigenvalue weighted by molar-refractivity contribution is 5.86. The maximum atomic E-state index is 11.9. The van der Waals surface area contributed by atoms with E-state index in [0.717, 1.165) is 36.6 Å². The van der Waals surface area contributed by atoms with Crippen LogP contribution in [0.3, 0.4) is 0 Å². The summed E-state index contributed by atoms with van der Waals surface area (Å²) in [6, 6.07) is 15.6. The number of ether oxygens (including phenoxy) is 2. The second-order valence-electron chi connectivity index (χ2n) is 6.26. The Kier molecular flexibility index (Phi) is 5.56. The van der Waals surface area contributed by atoms with E-state index in [1.54, 1.807) is 12.0 Å². The highest BCUT2D eigenvalue weighted by Crippen LogP contribution is 2.24. The smallest absolute Gasteiger partial charge is 0.244 e. The van der Waals surface area contributed by atoms with Crippen molar-refractivity contribution in [2.24, 2.45) is 0 Å². The fourth-order valence-electron chi connectivity index (χ4n) is 2.86. The van der Waals surface area contributed by atoms with Crippen LogP contribution in [0.5, 0.6) is 11.5 Å². The molecule has 0 saturated carbocycles. The van der Waals surface area contributed by atoms with Gasteiger partial charge in [-0.15, -0.1) is 0 Å². The molecule has 0 bridgehead atoms. The lowest BCUT2D eigenvalue weighted by atomic mass is 10.1. The Labute approximate surface area is 148 Å². The van der Waals surface area contributed by atoms with E-state index in [1.807, 2.05) is 55.6 Å². The summed E-state index contributed by atoms with van der Waals surface area (Å²) in [6.45, 7) is 1.52. The van der Waals surface area contributed by atoms with Crippen molar-refractivity contribution in [2.45, 2.75) is 18.9 Å². The topological polar surface area (TPSA) is 50.8 Å². The molecule has 25 heavy (non-hydrogen) atoms. The van der Waals surface area contributed by atoms with Gasteiger partial charge >= 0.3 is 0 Å². The van der Waals surface area contributed by atoms with Gasteiger partial charge in [-0.05, 0) is 54.8 Å². The number of nitrogens with one attached hydrogen (secondary N) is 1. The summed E-state index contributed by atoms with van der Waals surface area (Å²) in [5, 5.41) is 3.28. The molecular weight excluding hydrogens is 316 g/mol. The molecule has 1 aliphatic heterocycles. The number of likely N-dealkylation sites (N-methyl/N-ethyl adjacent to an activating group) is 1. The van der Waals surface area contributed by atoms with Gasteiger partial charge in [0, 0.05) is 26.4 Å². The second-order valence-corrected chi connectivity index (χ2v) is 6.26. The standard InChI is InChI=1S/C20H24N2O3/c1-22-13-11-19(20(22)23)21-16-5-9-18(10-6-16)25-17-7-3-15(4-8-17)12-14-24-2/h3-10,19,21H,11-14H2,1-2H3. The molecule has 1 unspecified atom stereocenters. The highest BCUT2D eigenvalue weighted by atomic mass is 16.5. The Morgan fingerprint density at radius 1 is 1.08 bits per heavy atom. The highest BCUT2D eigenvalue weighted by Gasteiger charge is 2.28. The third-order valence-corrected chi connectivity index (χ3v) is 4.38. The van der Waals surface area contributed by atoms with Crippen LogP contribution >= 0.6 is 0 Å². The van der Waals surface area contributed by atoms with Crippen LogP contribution in [-0.4, -0.2) is 44.2 Å². The summed E-state index contributed by atoms with van der Waals surface area (Å²) >= 11 is 0. The Bertz CT molecular complexity index is 698. The molecule has 1 N–H and O–H groups in total. The van der Waals surface area contributed by atoms with Crippen molar-refractivity contribution in [1.82, 2.24) is 4.90 Å². The van der Waals surface area contributed by atoms with E-state index in [2.05, 4.69) is 5.32 Å². The molecule has 5 heteroatoms. The van der Waals surface area contributed by atoms with Crippen LogP contribution < -0.4 is 10.1 Å². The molecule has 0 aromatic heterocycles. The number of benzene rings is 2. The Balaban J connectivity index is 1.56. The zero-order chi connectivity index (χ0) is 17.6. The zero-order valence-electron chi connectivity index (χ0n) is 14.7. The van der Waals surface area contributed by atoms with Crippen LogP contribution in [0.4, 0.5) is 5.69 Å². The molecule has 0 radical (unpaired) electrons. The summed E-state index contributed by atoms with van der Waals surface area (Å²) in [6.07, 6.45) is 1.73. The van der Waals surface area contributed by atoms with Crippen molar-refractivity contribution in [2.75, 3.05) is 32.6 Å². The number of carbonyl (C=O) groups is 1. The molecule has 1 aliphatic rings. The van der Waals surface area contributed by atoms with Gasteiger partial charge in [0.2, 0.25) is 5.91 Å². The van der Waals surface area contributed by atoms with Gasteiger partial charge in [0.25, 0.3) is 0 Å². The van der Waals surface area contributed by atoms with Gasteiger partial charge in [0.1, 0.15) is 17.5 Å². The van der Waals surface area contributed by atoms with Crippen LogP contribution in [0, 0.1) is 0 Å². The van der Waals surface area contributed by atoms with Crippen molar-refractivity contribution < 1.29 is 14.3 Å². The lowest BCUT2D eigenvalue weighted by molar-refractivity contribution is -0.127. The zero-order valence-corrected chi connectivity index (χ0v) is 14.7. The monoisotopic (exact) mass is 340 g/mol. The van der Waals surface area contributed by atoms with Gasteiger partial charge in [-0.25, -0.2) is 0 Å². The first-order chi connectivity index (χ1) is 12.2. The Morgan fingerprint density at radius 2 is 1.72 bits per heavy atom. The van der Waals surface area contributed by atoms with Crippen LogP contribution in [0.2, 0.25) is 0 Å². The molecule has 1 amide bonds. The normalized spacial score (nSPS) is 17.0. The number of hydrogen-bond donors (Lipinski definition) is 1. The second kappa shape index (κ2) is 8.03. The first-order valence-electron chi connectivity index (χ1n) is 8.53. The Hall–Kier alpha value is -2.53. The molecule has 1 heterocycles. The summed E-state index contributed by atoms with van der Waals surface area (Å²) in [7, 11) is 3.54. The molecule has 1 atom stereocenters. The van der Waals surface area contributed by atoms with Gasteiger partial charge in [-0.1, -0.05) is 12.1 Å². The van der Waals surface area contributed by atoms with Crippen LogP contribution in [0.1, 0.15) is 12.0 Å². The SMILES string of the molecule is COCCc1ccc(Oc2ccc(NC3CCN(C)C3=O)cc2)cc1. The summed E-state index contributed by atoms with van der Waals surface area (Å²) in [5.41, 5.74) is 2.15. The van der Waals surface area contributed by atoms with E-state index in [-0.39, 0.29) is 11.9 Å². The number of hydrogen-bond acceptors (Lipinski definition) is 4. The average Bonchev–Trinajstić information content (AvgIpc) is 2.95. The predicted octanol–water partition coefficient (Wildman–Crippen LogP) is 3.31. The van der Waals surface area contributed by atoms with E-state index >= 15 is 0 Å². The van der Waals surface area contributed by atoms with Gasteiger partial charge in [-0.3, -0.25) is 4.79 Å². The summed E-state index contributed by atoms with van der Waals surface area (Å²) in [4.78, 5) is 13.7. The molecule has 2 aromatic rings. The third kappa shape index (κ3) is 4.51. The fraction of sp³-hybridized carbons (Fsp3) is 0.350. The van der Waals surface area contributed by atoms with E-state index < -0.39 is 0 Å².